The molecule has 3 saturated heterocycles. The normalized spacial score (nSPS) is 44.0. The first-order valence-electron chi connectivity index (χ1n) is 11.5. The van der Waals surface area contributed by atoms with Crippen molar-refractivity contribution in [3.63, 3.8) is 0 Å². The van der Waals surface area contributed by atoms with Crippen LogP contribution in [0.15, 0.2) is 12.7 Å². The highest BCUT2D eigenvalue weighted by Crippen LogP contribution is 2.46. The molecule has 37 heavy (non-hydrogen) atoms. The fourth-order valence-electron chi connectivity index (χ4n) is 5.38. The number of hydrogen-bond acceptors (Lipinski definition) is 16. The van der Waals surface area contributed by atoms with E-state index in [0.29, 0.717) is 0 Å². The van der Waals surface area contributed by atoms with Crippen molar-refractivity contribution in [2.45, 2.75) is 79.0 Å². The number of aliphatic hydroxyl groups is 9. The van der Waals surface area contributed by atoms with Crippen molar-refractivity contribution < 1.29 is 60.2 Å². The van der Waals surface area contributed by atoms with Gasteiger partial charge in [0, 0.05) is 0 Å². The number of fused-ring (bicyclic) bond motifs is 1. The van der Waals surface area contributed by atoms with Gasteiger partial charge in [-0.25, -0.2) is 15.0 Å². The predicted molar refractivity (Wildman–Crippen MR) is 116 cm³/mol. The minimum atomic E-state index is -2.77. The van der Waals surface area contributed by atoms with Crippen LogP contribution in [-0.2, 0) is 14.2 Å². The quantitative estimate of drug-likeness (QED) is 0.166. The molecule has 0 saturated carbocycles. The molecule has 12 atom stereocenters. The van der Waals surface area contributed by atoms with Crippen LogP contribution in [0.3, 0.4) is 0 Å². The van der Waals surface area contributed by atoms with Gasteiger partial charge in [-0.1, -0.05) is 0 Å². The SMILES string of the molecule is Nc1ncnc2c1ncn2[C@@H]1O[C@H](C(O)(C2O[C@H](CO)[C@@H](O)[C@H]2O)C2O[C@H](CO)[C@@H](O)[C@H]2O)[C@@H](O)[C@H]1O. The van der Waals surface area contributed by atoms with Gasteiger partial charge in [0.05, 0.1) is 19.5 Å². The summed E-state index contributed by atoms with van der Waals surface area (Å²) in [5.41, 5.74) is 3.32. The average molecular weight is 531 g/mol. The Kier molecular flexibility index (Phi) is 6.84. The number of imidazole rings is 1. The molecule has 2 aromatic rings. The summed E-state index contributed by atoms with van der Waals surface area (Å²) in [5, 5.41) is 95.2. The highest BCUT2D eigenvalue weighted by Gasteiger charge is 2.68. The van der Waals surface area contributed by atoms with Crippen LogP contribution < -0.4 is 5.73 Å². The maximum atomic E-state index is 12.1. The maximum Gasteiger partial charge on any atom is 0.167 e. The molecule has 3 fully saturated rings. The van der Waals surface area contributed by atoms with E-state index in [1.807, 2.05) is 0 Å². The molecule has 3 aliphatic rings. The van der Waals surface area contributed by atoms with Crippen LogP contribution in [0, 0.1) is 0 Å². The molecule has 0 aromatic carbocycles. The van der Waals surface area contributed by atoms with Gasteiger partial charge in [-0.15, -0.1) is 0 Å². The lowest BCUT2D eigenvalue weighted by Crippen LogP contribution is -2.68. The Bertz CT molecular complexity index is 1090. The molecule has 0 radical (unpaired) electrons. The van der Waals surface area contributed by atoms with Crippen LogP contribution >= 0.6 is 0 Å². The Morgan fingerprint density at radius 2 is 1.27 bits per heavy atom. The van der Waals surface area contributed by atoms with E-state index in [4.69, 9.17) is 19.9 Å². The van der Waals surface area contributed by atoms with E-state index in [0.717, 1.165) is 6.33 Å². The molecule has 5 heterocycles. The summed E-state index contributed by atoms with van der Waals surface area (Å²) >= 11 is 0. The first kappa shape index (κ1) is 26.5. The molecular weight excluding hydrogens is 502 g/mol. The summed E-state index contributed by atoms with van der Waals surface area (Å²) in [6, 6.07) is 0. The fraction of sp³-hybridized carbons (Fsp3) is 0.750. The number of nitrogens with two attached hydrogens (primary N) is 1. The van der Waals surface area contributed by atoms with E-state index in [-0.39, 0.29) is 17.0 Å². The fourth-order valence-corrected chi connectivity index (χ4v) is 5.38. The number of ether oxygens (including phenoxy) is 3. The molecule has 2 aromatic heterocycles. The summed E-state index contributed by atoms with van der Waals surface area (Å²) < 4.78 is 18.1. The van der Waals surface area contributed by atoms with Gasteiger partial charge in [0.2, 0.25) is 0 Å². The van der Waals surface area contributed by atoms with Crippen molar-refractivity contribution in [3.05, 3.63) is 12.7 Å². The maximum absolute atomic E-state index is 12.1. The van der Waals surface area contributed by atoms with Gasteiger partial charge in [0.25, 0.3) is 0 Å². The predicted octanol–water partition coefficient (Wildman–Crippen LogP) is -6.28. The van der Waals surface area contributed by atoms with Gasteiger partial charge < -0.3 is 65.9 Å². The van der Waals surface area contributed by atoms with Crippen molar-refractivity contribution in [3.8, 4) is 0 Å². The van der Waals surface area contributed by atoms with E-state index in [1.165, 1.54) is 10.9 Å². The van der Waals surface area contributed by atoms with Crippen LogP contribution in [0.2, 0.25) is 0 Å². The van der Waals surface area contributed by atoms with E-state index in [1.54, 1.807) is 0 Å². The Hall–Kier alpha value is -2.13. The van der Waals surface area contributed by atoms with Crippen molar-refractivity contribution in [1.29, 1.82) is 0 Å². The van der Waals surface area contributed by atoms with Crippen molar-refractivity contribution in [1.82, 2.24) is 19.5 Å². The van der Waals surface area contributed by atoms with Crippen molar-refractivity contribution in [2.24, 2.45) is 0 Å². The Balaban J connectivity index is 1.57. The topological polar surface area (TPSA) is 279 Å². The van der Waals surface area contributed by atoms with Gasteiger partial charge in [-0.05, 0) is 0 Å². The second-order valence-electron chi connectivity index (χ2n) is 9.42. The van der Waals surface area contributed by atoms with Gasteiger partial charge in [-0.3, -0.25) is 4.57 Å². The summed E-state index contributed by atoms with van der Waals surface area (Å²) in [6.07, 6.45) is -18.3. The van der Waals surface area contributed by atoms with Crippen LogP contribution in [0.1, 0.15) is 6.23 Å². The van der Waals surface area contributed by atoms with Crippen LogP contribution in [-0.4, -0.2) is 151 Å². The molecule has 17 nitrogen and oxygen atoms in total. The van der Waals surface area contributed by atoms with E-state index in [2.05, 4.69) is 15.0 Å². The highest BCUT2D eigenvalue weighted by atomic mass is 16.6. The van der Waals surface area contributed by atoms with Crippen LogP contribution in [0.25, 0.3) is 11.2 Å². The van der Waals surface area contributed by atoms with Gasteiger partial charge in [0.1, 0.15) is 79.0 Å². The molecule has 0 aliphatic carbocycles. The van der Waals surface area contributed by atoms with Crippen molar-refractivity contribution >= 4 is 17.0 Å². The highest BCUT2D eigenvalue weighted by molar-refractivity contribution is 5.81. The zero-order valence-electron chi connectivity index (χ0n) is 19.1. The van der Waals surface area contributed by atoms with E-state index >= 15 is 0 Å². The van der Waals surface area contributed by atoms with Gasteiger partial charge in [-0.2, -0.15) is 0 Å². The smallest absolute Gasteiger partial charge is 0.167 e. The number of nitrogens with zero attached hydrogens (tertiary/aromatic N) is 4. The zero-order chi connectivity index (χ0) is 26.8. The van der Waals surface area contributed by atoms with Crippen LogP contribution in [0.4, 0.5) is 5.82 Å². The molecule has 3 aliphatic heterocycles. The second kappa shape index (κ2) is 9.56. The standard InChI is InChI=1S/C20H29N5O12/c21-17-7-18(23-3-22-17)25(4-24-7)19-13(33)12(32)16(37-19)20(34,14-10(30)8(28)5(1-26)35-14)15-11(31)9(29)6(2-27)36-15/h3-6,8-16,19,26-34H,1-2H2,(H2,21,22,23)/t5-,6-,8-,9-,10-,11-,12+,13-,14?,15?,16+,19-,20?/m1/s1. The molecule has 0 spiro atoms. The molecule has 5 rings (SSSR count). The van der Waals surface area contributed by atoms with E-state index < -0.39 is 92.2 Å². The minimum Gasteiger partial charge on any atom is -0.394 e. The lowest BCUT2D eigenvalue weighted by atomic mass is 9.77. The van der Waals surface area contributed by atoms with Gasteiger partial charge in [0.15, 0.2) is 23.3 Å². The zero-order valence-corrected chi connectivity index (χ0v) is 19.1. The molecule has 17 heteroatoms. The molecule has 0 amide bonds. The molecule has 206 valence electrons. The number of anilines is 1. The minimum absolute atomic E-state index is 0.0304. The Morgan fingerprint density at radius 3 is 1.78 bits per heavy atom. The third kappa shape index (κ3) is 3.82. The van der Waals surface area contributed by atoms with Crippen LogP contribution in [0.5, 0.6) is 0 Å². The third-order valence-corrected chi connectivity index (χ3v) is 7.35. The summed E-state index contributed by atoms with van der Waals surface area (Å²) in [6.45, 7) is -1.52. The number of rotatable bonds is 6. The summed E-state index contributed by atoms with van der Waals surface area (Å²) in [7, 11) is 0. The Morgan fingerprint density at radius 1 is 0.757 bits per heavy atom. The number of aliphatic hydroxyl groups excluding tert-OH is 8. The lowest BCUT2D eigenvalue weighted by molar-refractivity contribution is -0.262. The molecule has 2 unspecified atom stereocenters. The van der Waals surface area contributed by atoms with Crippen molar-refractivity contribution in [2.75, 3.05) is 18.9 Å². The molecule has 11 N–H and O–H groups in total. The monoisotopic (exact) mass is 531 g/mol. The van der Waals surface area contributed by atoms with E-state index in [9.17, 15) is 46.0 Å². The lowest BCUT2D eigenvalue weighted by Gasteiger charge is -2.44. The summed E-state index contributed by atoms with van der Waals surface area (Å²) in [4.78, 5) is 12.0. The summed E-state index contributed by atoms with van der Waals surface area (Å²) in [5.74, 6) is 0.0304. The molecule has 0 bridgehead atoms. The number of aromatic nitrogens is 4. The number of hydrogen-bond donors (Lipinski definition) is 10. The Labute approximate surface area is 207 Å². The second-order valence-corrected chi connectivity index (χ2v) is 9.42. The first-order valence-corrected chi connectivity index (χ1v) is 11.5. The third-order valence-electron chi connectivity index (χ3n) is 7.35. The average Bonchev–Trinajstić information content (AvgIpc) is 3.60. The largest absolute Gasteiger partial charge is 0.394 e. The first-order chi connectivity index (χ1) is 17.6. The van der Waals surface area contributed by atoms with Gasteiger partial charge >= 0.3 is 0 Å². The molecular formula is C20H29N5O12. The number of nitrogen functional groups attached to an aromatic ring is 1.